The number of Topliss-reactive ketones (excluding diaryl/α,β-unsaturated/α-hetero) is 1. The highest BCUT2D eigenvalue weighted by Crippen LogP contribution is 2.36. The molecule has 0 saturated carbocycles. The number of hydrogen-bond donors (Lipinski definition) is 1. The number of nitrogens with one attached hydrogen (secondary N) is 1. The standard InChI is InChI=1S/C19H17N5O3/c1-13(25)14-7-6-8-15(11-14)22-18-17(24(26)27)19(21-12-20-18)23(2)16-9-4-3-5-10-16/h3-12H,1-2H3,(H,20,21,22). The lowest BCUT2D eigenvalue weighted by Gasteiger charge is -2.18. The summed E-state index contributed by atoms with van der Waals surface area (Å²) in [5, 5.41) is 14.7. The first-order valence-electron chi connectivity index (χ1n) is 8.13. The Bertz CT molecular complexity index is 992. The van der Waals surface area contributed by atoms with Crippen LogP contribution in [0.2, 0.25) is 0 Å². The molecule has 3 aromatic rings. The lowest BCUT2D eigenvalue weighted by molar-refractivity contribution is -0.383. The number of para-hydroxylation sites is 1. The first kappa shape index (κ1) is 18.0. The minimum atomic E-state index is -0.522. The van der Waals surface area contributed by atoms with Crippen molar-refractivity contribution >= 4 is 34.5 Å². The average Bonchev–Trinajstić information content (AvgIpc) is 2.68. The maximum absolute atomic E-state index is 11.7. The van der Waals surface area contributed by atoms with E-state index < -0.39 is 4.92 Å². The third-order valence-corrected chi connectivity index (χ3v) is 3.98. The van der Waals surface area contributed by atoms with Gasteiger partial charge in [-0.2, -0.15) is 0 Å². The van der Waals surface area contributed by atoms with Gasteiger partial charge in [-0.25, -0.2) is 9.97 Å². The summed E-state index contributed by atoms with van der Waals surface area (Å²) in [7, 11) is 1.70. The molecule has 8 heteroatoms. The highest BCUT2D eigenvalue weighted by molar-refractivity contribution is 5.95. The van der Waals surface area contributed by atoms with Gasteiger partial charge in [0, 0.05) is 24.0 Å². The van der Waals surface area contributed by atoms with Gasteiger partial charge >= 0.3 is 5.69 Å². The molecule has 136 valence electrons. The summed E-state index contributed by atoms with van der Waals surface area (Å²) < 4.78 is 0. The molecule has 0 radical (unpaired) electrons. The van der Waals surface area contributed by atoms with Crippen LogP contribution in [0.15, 0.2) is 60.9 Å². The van der Waals surface area contributed by atoms with Crippen LogP contribution in [0.4, 0.5) is 28.7 Å². The van der Waals surface area contributed by atoms with Crippen LogP contribution in [0, 0.1) is 10.1 Å². The van der Waals surface area contributed by atoms with Gasteiger partial charge in [0.1, 0.15) is 6.33 Å². The monoisotopic (exact) mass is 363 g/mol. The van der Waals surface area contributed by atoms with Gasteiger partial charge in [-0.1, -0.05) is 30.3 Å². The molecule has 2 aromatic carbocycles. The molecule has 0 atom stereocenters. The predicted octanol–water partition coefficient (Wildman–Crippen LogP) is 4.10. The Kier molecular flexibility index (Phi) is 5.07. The Balaban J connectivity index is 2.03. The quantitative estimate of drug-likeness (QED) is 0.400. The van der Waals surface area contributed by atoms with Crippen molar-refractivity contribution in [3.8, 4) is 0 Å². The predicted molar refractivity (Wildman–Crippen MR) is 103 cm³/mol. The fourth-order valence-electron chi connectivity index (χ4n) is 2.60. The number of ketones is 1. The summed E-state index contributed by atoms with van der Waals surface area (Å²) in [6.07, 6.45) is 1.26. The van der Waals surface area contributed by atoms with E-state index in [9.17, 15) is 14.9 Å². The van der Waals surface area contributed by atoms with Gasteiger partial charge in [0.05, 0.1) is 4.92 Å². The summed E-state index contributed by atoms with van der Waals surface area (Å²) >= 11 is 0. The minimum Gasteiger partial charge on any atom is -0.334 e. The first-order valence-corrected chi connectivity index (χ1v) is 8.13. The van der Waals surface area contributed by atoms with Crippen molar-refractivity contribution in [3.63, 3.8) is 0 Å². The molecule has 1 N–H and O–H groups in total. The van der Waals surface area contributed by atoms with Gasteiger partial charge in [-0.15, -0.1) is 0 Å². The van der Waals surface area contributed by atoms with E-state index in [0.717, 1.165) is 5.69 Å². The van der Waals surface area contributed by atoms with Gasteiger partial charge in [0.25, 0.3) is 0 Å². The van der Waals surface area contributed by atoms with Crippen molar-refractivity contribution in [2.24, 2.45) is 0 Å². The van der Waals surface area contributed by atoms with Gasteiger partial charge in [0.2, 0.25) is 11.6 Å². The molecule has 0 aliphatic carbocycles. The van der Waals surface area contributed by atoms with Crippen molar-refractivity contribution in [1.29, 1.82) is 0 Å². The van der Waals surface area contributed by atoms with Crippen LogP contribution in [-0.4, -0.2) is 27.7 Å². The number of benzene rings is 2. The van der Waals surface area contributed by atoms with Crippen LogP contribution in [0.25, 0.3) is 0 Å². The zero-order chi connectivity index (χ0) is 19.4. The van der Waals surface area contributed by atoms with Crippen LogP contribution < -0.4 is 10.2 Å². The zero-order valence-corrected chi connectivity index (χ0v) is 14.8. The average molecular weight is 363 g/mol. The first-order chi connectivity index (χ1) is 13.0. The second-order valence-electron chi connectivity index (χ2n) is 5.81. The maximum Gasteiger partial charge on any atom is 0.354 e. The SMILES string of the molecule is CC(=O)c1cccc(Nc2ncnc(N(C)c3ccccc3)c2[N+](=O)[O-])c1. The molecule has 0 unspecified atom stereocenters. The molecule has 27 heavy (non-hydrogen) atoms. The van der Waals surface area contributed by atoms with Crippen molar-refractivity contribution < 1.29 is 9.72 Å². The van der Waals surface area contributed by atoms with Crippen LogP contribution in [-0.2, 0) is 0 Å². The smallest absolute Gasteiger partial charge is 0.334 e. The zero-order valence-electron chi connectivity index (χ0n) is 14.8. The molecule has 0 amide bonds. The molecule has 0 bridgehead atoms. The van der Waals surface area contributed by atoms with E-state index in [1.807, 2.05) is 30.3 Å². The molecule has 1 heterocycles. The van der Waals surface area contributed by atoms with Crippen LogP contribution in [0.3, 0.4) is 0 Å². The fourth-order valence-corrected chi connectivity index (χ4v) is 2.60. The summed E-state index contributed by atoms with van der Waals surface area (Å²) in [6.45, 7) is 1.46. The Labute approximate surface area is 155 Å². The lowest BCUT2D eigenvalue weighted by Crippen LogP contribution is -2.15. The molecule has 0 spiro atoms. The third-order valence-electron chi connectivity index (χ3n) is 3.98. The summed E-state index contributed by atoms with van der Waals surface area (Å²) in [5.74, 6) is 0.111. The Hall–Kier alpha value is -3.81. The molecular weight excluding hydrogens is 346 g/mol. The molecular formula is C19H17N5O3. The minimum absolute atomic E-state index is 0.0495. The number of anilines is 4. The number of hydrogen-bond acceptors (Lipinski definition) is 7. The second kappa shape index (κ2) is 7.61. The number of carbonyl (C=O) groups is 1. The number of aromatic nitrogens is 2. The Morgan fingerprint density at radius 3 is 2.52 bits per heavy atom. The van der Waals surface area contributed by atoms with E-state index >= 15 is 0 Å². The van der Waals surface area contributed by atoms with Crippen LogP contribution in [0.1, 0.15) is 17.3 Å². The Morgan fingerprint density at radius 2 is 1.85 bits per heavy atom. The number of carbonyl (C=O) groups excluding carboxylic acids is 1. The largest absolute Gasteiger partial charge is 0.354 e. The molecule has 0 saturated heterocycles. The summed E-state index contributed by atoms with van der Waals surface area (Å²) in [6, 6.07) is 15.9. The van der Waals surface area contributed by atoms with Crippen molar-refractivity contribution in [1.82, 2.24) is 9.97 Å². The number of nitrogens with zero attached hydrogens (tertiary/aromatic N) is 4. The number of nitro groups is 1. The molecule has 8 nitrogen and oxygen atoms in total. The molecule has 0 aliphatic heterocycles. The normalized spacial score (nSPS) is 10.3. The van der Waals surface area contributed by atoms with E-state index in [1.165, 1.54) is 13.3 Å². The van der Waals surface area contributed by atoms with Gasteiger partial charge in [0.15, 0.2) is 5.78 Å². The van der Waals surface area contributed by atoms with Crippen molar-refractivity contribution in [2.45, 2.75) is 6.92 Å². The lowest BCUT2D eigenvalue weighted by atomic mass is 10.1. The summed E-state index contributed by atoms with van der Waals surface area (Å²) in [5.41, 5.74) is 1.53. The molecule has 3 rings (SSSR count). The van der Waals surface area contributed by atoms with Crippen molar-refractivity contribution in [3.05, 3.63) is 76.6 Å². The van der Waals surface area contributed by atoms with Crippen LogP contribution >= 0.6 is 0 Å². The third kappa shape index (κ3) is 3.90. The number of rotatable bonds is 6. The fraction of sp³-hybridized carbons (Fsp3) is 0.105. The van der Waals surface area contributed by atoms with Gasteiger partial charge in [-0.05, 0) is 31.2 Å². The molecule has 0 aliphatic rings. The van der Waals surface area contributed by atoms with E-state index in [-0.39, 0.29) is 23.1 Å². The van der Waals surface area contributed by atoms with E-state index in [2.05, 4.69) is 15.3 Å². The van der Waals surface area contributed by atoms with Crippen LogP contribution in [0.5, 0.6) is 0 Å². The molecule has 0 fully saturated rings. The van der Waals surface area contributed by atoms with Crippen molar-refractivity contribution in [2.75, 3.05) is 17.3 Å². The maximum atomic E-state index is 11.7. The Morgan fingerprint density at radius 1 is 1.11 bits per heavy atom. The van der Waals surface area contributed by atoms with E-state index in [4.69, 9.17) is 0 Å². The second-order valence-corrected chi connectivity index (χ2v) is 5.81. The van der Waals surface area contributed by atoms with Gasteiger partial charge in [-0.3, -0.25) is 14.9 Å². The highest BCUT2D eigenvalue weighted by Gasteiger charge is 2.26. The summed E-state index contributed by atoms with van der Waals surface area (Å²) in [4.78, 5) is 32.5. The highest BCUT2D eigenvalue weighted by atomic mass is 16.6. The van der Waals surface area contributed by atoms with Gasteiger partial charge < -0.3 is 10.2 Å². The topological polar surface area (TPSA) is 101 Å². The van der Waals surface area contributed by atoms with E-state index in [1.54, 1.807) is 36.2 Å². The van der Waals surface area contributed by atoms with E-state index in [0.29, 0.717) is 11.3 Å². The molecule has 1 aromatic heterocycles.